The van der Waals surface area contributed by atoms with Crippen LogP contribution >= 0.6 is 0 Å². The molecule has 1 aliphatic rings. The van der Waals surface area contributed by atoms with Crippen LogP contribution in [0.15, 0.2) is 42.5 Å². The molecule has 0 radical (unpaired) electrons. The predicted octanol–water partition coefficient (Wildman–Crippen LogP) is 4.46. The molecule has 6 nitrogen and oxygen atoms in total. The second-order valence-electron chi connectivity index (χ2n) is 6.86. The number of nitro benzene ring substituents is 1. The summed E-state index contributed by atoms with van der Waals surface area (Å²) in [5, 5.41) is 14.4. The molecule has 0 aliphatic carbocycles. The van der Waals surface area contributed by atoms with Gasteiger partial charge in [0.1, 0.15) is 23.9 Å². The van der Waals surface area contributed by atoms with Gasteiger partial charge in [0.25, 0.3) is 5.69 Å². The number of hydrogen-bond donors (Lipinski definition) is 1. The van der Waals surface area contributed by atoms with E-state index in [1.54, 1.807) is 18.2 Å². The molecule has 27 heavy (non-hydrogen) atoms. The number of ether oxygens (including phenoxy) is 1. The Balaban J connectivity index is 1.62. The fourth-order valence-corrected chi connectivity index (χ4v) is 3.17. The number of nitrogens with zero attached hydrogens (tertiary/aromatic N) is 2. The summed E-state index contributed by atoms with van der Waals surface area (Å²) in [5.41, 5.74) is 1.53. The Bertz CT molecular complexity index is 775. The van der Waals surface area contributed by atoms with Crippen molar-refractivity contribution in [3.05, 3.63) is 58.4 Å². The smallest absolute Gasteiger partial charge is 0.292 e. The lowest BCUT2D eigenvalue weighted by Crippen LogP contribution is -2.32. The minimum Gasteiger partial charge on any atom is -0.492 e. The highest BCUT2D eigenvalue weighted by Gasteiger charge is 2.19. The minimum absolute atomic E-state index is 0.0471. The molecular weight excluding hydrogens is 349 g/mol. The van der Waals surface area contributed by atoms with Crippen molar-refractivity contribution in [1.29, 1.82) is 0 Å². The van der Waals surface area contributed by atoms with Gasteiger partial charge in [-0.25, -0.2) is 4.39 Å². The van der Waals surface area contributed by atoms with E-state index in [4.69, 9.17) is 4.74 Å². The topological polar surface area (TPSA) is 67.6 Å². The van der Waals surface area contributed by atoms with Gasteiger partial charge in [-0.05, 0) is 55.2 Å². The summed E-state index contributed by atoms with van der Waals surface area (Å²) in [7, 11) is 0. The van der Waals surface area contributed by atoms with E-state index in [0.29, 0.717) is 24.6 Å². The van der Waals surface area contributed by atoms with E-state index in [9.17, 15) is 14.5 Å². The van der Waals surface area contributed by atoms with Crippen LogP contribution in [0, 0.1) is 21.8 Å². The van der Waals surface area contributed by atoms with E-state index in [1.807, 2.05) is 12.1 Å². The lowest BCUT2D eigenvalue weighted by Gasteiger charge is -2.32. The molecule has 0 spiro atoms. The number of hydrogen-bond acceptors (Lipinski definition) is 5. The standard InChI is InChI=1S/C20H24FN3O3/c1-15-8-11-23(12-9-15)17-4-7-20(24(25)26)19(14-17)22-10-13-27-18-5-2-16(21)3-6-18/h2-7,14-15,22H,8-13H2,1H3. The molecule has 3 rings (SSSR count). The van der Waals surface area contributed by atoms with Crippen LogP contribution in [-0.4, -0.2) is 31.2 Å². The van der Waals surface area contributed by atoms with Gasteiger partial charge in [-0.1, -0.05) is 6.92 Å². The average molecular weight is 373 g/mol. The fourth-order valence-electron chi connectivity index (χ4n) is 3.17. The van der Waals surface area contributed by atoms with Gasteiger partial charge in [0.2, 0.25) is 0 Å². The van der Waals surface area contributed by atoms with Crippen molar-refractivity contribution in [2.75, 3.05) is 36.5 Å². The van der Waals surface area contributed by atoms with Crippen LogP contribution in [0.4, 0.5) is 21.5 Å². The Morgan fingerprint density at radius 1 is 1.22 bits per heavy atom. The van der Waals surface area contributed by atoms with Crippen LogP contribution in [0.2, 0.25) is 0 Å². The summed E-state index contributed by atoms with van der Waals surface area (Å²) in [5.74, 6) is 0.962. The van der Waals surface area contributed by atoms with Crippen molar-refractivity contribution in [2.45, 2.75) is 19.8 Å². The molecular formula is C20H24FN3O3. The first-order chi connectivity index (χ1) is 13.0. The molecule has 1 fully saturated rings. The second kappa shape index (κ2) is 8.70. The van der Waals surface area contributed by atoms with Crippen molar-refractivity contribution in [2.24, 2.45) is 5.92 Å². The molecule has 0 atom stereocenters. The van der Waals surface area contributed by atoms with Crippen molar-refractivity contribution in [3.63, 3.8) is 0 Å². The summed E-state index contributed by atoms with van der Waals surface area (Å²) in [6.45, 7) is 4.90. The van der Waals surface area contributed by atoms with Crippen molar-refractivity contribution >= 4 is 17.1 Å². The van der Waals surface area contributed by atoms with Crippen LogP contribution < -0.4 is 15.0 Å². The van der Waals surface area contributed by atoms with E-state index in [1.165, 1.54) is 12.1 Å². The molecule has 7 heteroatoms. The maximum absolute atomic E-state index is 12.9. The maximum atomic E-state index is 12.9. The Labute approximate surface area is 158 Å². The zero-order chi connectivity index (χ0) is 19.2. The lowest BCUT2D eigenvalue weighted by atomic mass is 9.99. The average Bonchev–Trinajstić information content (AvgIpc) is 2.67. The van der Waals surface area contributed by atoms with Crippen LogP contribution in [0.3, 0.4) is 0 Å². The molecule has 1 N–H and O–H groups in total. The van der Waals surface area contributed by atoms with Crippen molar-refractivity contribution in [3.8, 4) is 5.75 Å². The lowest BCUT2D eigenvalue weighted by molar-refractivity contribution is -0.383. The van der Waals surface area contributed by atoms with Gasteiger partial charge in [-0.3, -0.25) is 10.1 Å². The van der Waals surface area contributed by atoms with Gasteiger partial charge in [-0.2, -0.15) is 0 Å². The molecule has 0 aromatic heterocycles. The summed E-state index contributed by atoms with van der Waals surface area (Å²) in [6, 6.07) is 11.0. The highest BCUT2D eigenvalue weighted by Crippen LogP contribution is 2.31. The van der Waals surface area contributed by atoms with E-state index >= 15 is 0 Å². The summed E-state index contributed by atoms with van der Waals surface area (Å²) >= 11 is 0. The first-order valence-corrected chi connectivity index (χ1v) is 9.18. The maximum Gasteiger partial charge on any atom is 0.292 e. The first-order valence-electron chi connectivity index (χ1n) is 9.18. The first kappa shape index (κ1) is 18.9. The number of anilines is 2. The number of nitro groups is 1. The SMILES string of the molecule is CC1CCN(c2ccc([N+](=O)[O-])c(NCCOc3ccc(F)cc3)c2)CC1. The Morgan fingerprint density at radius 3 is 2.59 bits per heavy atom. The molecule has 1 aliphatic heterocycles. The zero-order valence-electron chi connectivity index (χ0n) is 15.4. The number of nitrogens with one attached hydrogen (secondary N) is 1. The van der Waals surface area contributed by atoms with Crippen LogP contribution in [0.5, 0.6) is 5.75 Å². The van der Waals surface area contributed by atoms with Crippen LogP contribution in [-0.2, 0) is 0 Å². The molecule has 0 bridgehead atoms. The van der Waals surface area contributed by atoms with Gasteiger partial charge in [0.05, 0.1) is 4.92 Å². The minimum atomic E-state index is -0.384. The second-order valence-corrected chi connectivity index (χ2v) is 6.86. The predicted molar refractivity (Wildman–Crippen MR) is 104 cm³/mol. The van der Waals surface area contributed by atoms with Crippen LogP contribution in [0.25, 0.3) is 0 Å². The third kappa shape index (κ3) is 5.09. The fraction of sp³-hybridized carbons (Fsp3) is 0.400. The zero-order valence-corrected chi connectivity index (χ0v) is 15.4. The Kier molecular flexibility index (Phi) is 6.11. The number of benzene rings is 2. The monoisotopic (exact) mass is 373 g/mol. The number of piperidine rings is 1. The molecule has 0 amide bonds. The van der Waals surface area contributed by atoms with E-state index in [0.717, 1.165) is 37.5 Å². The molecule has 2 aromatic carbocycles. The van der Waals surface area contributed by atoms with Gasteiger partial charge in [0.15, 0.2) is 0 Å². The molecule has 1 heterocycles. The Morgan fingerprint density at radius 2 is 1.93 bits per heavy atom. The highest BCUT2D eigenvalue weighted by molar-refractivity contribution is 5.69. The number of halogens is 1. The van der Waals surface area contributed by atoms with Gasteiger partial charge in [0, 0.05) is 31.4 Å². The Hall–Kier alpha value is -2.83. The largest absolute Gasteiger partial charge is 0.492 e. The van der Waals surface area contributed by atoms with E-state index in [2.05, 4.69) is 17.1 Å². The molecule has 1 saturated heterocycles. The third-order valence-corrected chi connectivity index (χ3v) is 4.83. The molecule has 0 unspecified atom stereocenters. The highest BCUT2D eigenvalue weighted by atomic mass is 19.1. The quantitative estimate of drug-likeness (QED) is 0.441. The van der Waals surface area contributed by atoms with Gasteiger partial charge in [-0.15, -0.1) is 0 Å². The third-order valence-electron chi connectivity index (χ3n) is 4.83. The van der Waals surface area contributed by atoms with Crippen molar-refractivity contribution in [1.82, 2.24) is 0 Å². The van der Waals surface area contributed by atoms with E-state index < -0.39 is 0 Å². The summed E-state index contributed by atoms with van der Waals surface area (Å²) in [4.78, 5) is 13.2. The van der Waals surface area contributed by atoms with Gasteiger partial charge < -0.3 is 15.0 Å². The summed E-state index contributed by atoms with van der Waals surface area (Å²) in [6.07, 6.45) is 2.26. The van der Waals surface area contributed by atoms with E-state index in [-0.39, 0.29) is 16.4 Å². The van der Waals surface area contributed by atoms with Gasteiger partial charge >= 0.3 is 0 Å². The molecule has 0 saturated carbocycles. The normalized spacial score (nSPS) is 14.8. The van der Waals surface area contributed by atoms with Crippen molar-refractivity contribution < 1.29 is 14.1 Å². The molecule has 2 aromatic rings. The number of rotatable bonds is 7. The van der Waals surface area contributed by atoms with Crippen LogP contribution in [0.1, 0.15) is 19.8 Å². The molecule has 144 valence electrons. The summed E-state index contributed by atoms with van der Waals surface area (Å²) < 4.78 is 18.4.